The van der Waals surface area contributed by atoms with E-state index in [0.717, 1.165) is 24.0 Å². The number of thiazole rings is 1. The van der Waals surface area contributed by atoms with Crippen LogP contribution in [-0.2, 0) is 11.3 Å². The molecule has 0 aliphatic heterocycles. The van der Waals surface area contributed by atoms with Crippen molar-refractivity contribution in [1.82, 2.24) is 10.3 Å². The number of ether oxygens (including phenoxy) is 1. The van der Waals surface area contributed by atoms with Gasteiger partial charge in [-0.25, -0.2) is 4.98 Å². The van der Waals surface area contributed by atoms with Gasteiger partial charge in [0.1, 0.15) is 0 Å². The fraction of sp³-hybridized carbons (Fsp3) is 0.800. The molecule has 0 bridgehead atoms. The van der Waals surface area contributed by atoms with Gasteiger partial charge in [0, 0.05) is 44.1 Å². The molecule has 2 saturated carbocycles. The molecule has 1 heterocycles. The molecule has 2 aliphatic rings. The Balaban J connectivity index is 1.54. The van der Waals surface area contributed by atoms with E-state index in [-0.39, 0.29) is 0 Å². The summed E-state index contributed by atoms with van der Waals surface area (Å²) in [6.45, 7) is 3.83. The Labute approximate surface area is 125 Å². The van der Waals surface area contributed by atoms with Crippen molar-refractivity contribution in [3.05, 3.63) is 11.1 Å². The van der Waals surface area contributed by atoms with Crippen LogP contribution in [0.15, 0.2) is 5.38 Å². The third-order valence-electron chi connectivity index (χ3n) is 4.89. The summed E-state index contributed by atoms with van der Waals surface area (Å²) < 4.78 is 5.89. The highest BCUT2D eigenvalue weighted by molar-refractivity contribution is 7.13. The fourth-order valence-electron chi connectivity index (χ4n) is 3.54. The lowest BCUT2D eigenvalue weighted by atomic mass is 9.51. The van der Waals surface area contributed by atoms with Crippen molar-refractivity contribution in [3.8, 4) is 0 Å². The van der Waals surface area contributed by atoms with Crippen LogP contribution < -0.4 is 10.2 Å². The summed E-state index contributed by atoms with van der Waals surface area (Å²) in [5, 5.41) is 6.96. The van der Waals surface area contributed by atoms with E-state index >= 15 is 0 Å². The van der Waals surface area contributed by atoms with Gasteiger partial charge in [-0.15, -0.1) is 11.3 Å². The normalized spacial score (nSPS) is 27.1. The molecular weight excluding hydrogens is 270 g/mol. The van der Waals surface area contributed by atoms with Crippen molar-refractivity contribution >= 4 is 16.5 Å². The van der Waals surface area contributed by atoms with Gasteiger partial charge in [0.25, 0.3) is 0 Å². The highest BCUT2D eigenvalue weighted by Crippen LogP contribution is 2.57. The van der Waals surface area contributed by atoms with Gasteiger partial charge in [0.2, 0.25) is 0 Å². The molecule has 1 aromatic heterocycles. The van der Waals surface area contributed by atoms with Gasteiger partial charge in [0.15, 0.2) is 5.13 Å². The molecule has 2 fully saturated rings. The second-order valence-corrected chi connectivity index (χ2v) is 7.05. The number of nitrogens with zero attached hydrogens (tertiary/aromatic N) is 2. The topological polar surface area (TPSA) is 37.4 Å². The number of nitrogens with one attached hydrogen (secondary N) is 1. The third kappa shape index (κ3) is 2.36. The molecule has 1 spiro atoms. The van der Waals surface area contributed by atoms with Gasteiger partial charge < -0.3 is 15.0 Å². The molecule has 0 radical (unpaired) electrons. The first-order chi connectivity index (χ1) is 9.65. The van der Waals surface area contributed by atoms with Crippen LogP contribution in [0.1, 0.15) is 38.3 Å². The standard InChI is InChI=1S/C15H25N3OS/c1-4-19-13-8-12(15(13)6-5-7-15)16-9-11-10-20-14(17-11)18(2)3/h10,12-13,16H,4-9H2,1-3H3/t12-,13+/m0/s1. The molecule has 4 nitrogen and oxygen atoms in total. The smallest absolute Gasteiger partial charge is 0.185 e. The lowest BCUT2D eigenvalue weighted by Crippen LogP contribution is -2.66. The third-order valence-corrected chi connectivity index (χ3v) is 5.95. The molecule has 0 saturated heterocycles. The van der Waals surface area contributed by atoms with E-state index in [1.807, 2.05) is 14.1 Å². The minimum Gasteiger partial charge on any atom is -0.378 e. The molecule has 2 aliphatic carbocycles. The van der Waals surface area contributed by atoms with Crippen LogP contribution in [0.2, 0.25) is 0 Å². The number of rotatable bonds is 6. The Hall–Kier alpha value is -0.650. The van der Waals surface area contributed by atoms with Crippen LogP contribution in [0.5, 0.6) is 0 Å². The van der Waals surface area contributed by atoms with Crippen LogP contribution in [0.4, 0.5) is 5.13 Å². The van der Waals surface area contributed by atoms with E-state index in [1.54, 1.807) is 11.3 Å². The van der Waals surface area contributed by atoms with E-state index in [9.17, 15) is 0 Å². The van der Waals surface area contributed by atoms with E-state index in [2.05, 4.69) is 27.5 Å². The quantitative estimate of drug-likeness (QED) is 0.875. The van der Waals surface area contributed by atoms with Crippen molar-refractivity contribution in [2.45, 2.75) is 51.3 Å². The molecule has 5 heteroatoms. The lowest BCUT2D eigenvalue weighted by molar-refractivity contribution is -0.173. The average Bonchev–Trinajstić information content (AvgIpc) is 2.79. The maximum Gasteiger partial charge on any atom is 0.185 e. The molecule has 0 amide bonds. The van der Waals surface area contributed by atoms with Gasteiger partial charge in [-0.05, 0) is 26.2 Å². The first-order valence-corrected chi connectivity index (χ1v) is 8.50. The second-order valence-electron chi connectivity index (χ2n) is 6.22. The molecule has 1 aromatic rings. The number of hydrogen-bond acceptors (Lipinski definition) is 5. The van der Waals surface area contributed by atoms with Crippen molar-refractivity contribution in [1.29, 1.82) is 0 Å². The molecule has 0 unspecified atom stereocenters. The Morgan fingerprint density at radius 1 is 1.50 bits per heavy atom. The van der Waals surface area contributed by atoms with Crippen LogP contribution in [0.3, 0.4) is 0 Å². The zero-order valence-corrected chi connectivity index (χ0v) is 13.5. The first kappa shape index (κ1) is 14.3. The van der Waals surface area contributed by atoms with Crippen molar-refractivity contribution in [2.75, 3.05) is 25.6 Å². The largest absolute Gasteiger partial charge is 0.378 e. The predicted octanol–water partition coefficient (Wildman–Crippen LogP) is 2.65. The summed E-state index contributed by atoms with van der Waals surface area (Å²) in [6, 6.07) is 0.623. The molecule has 0 aromatic carbocycles. The van der Waals surface area contributed by atoms with E-state index in [0.29, 0.717) is 17.6 Å². The van der Waals surface area contributed by atoms with Crippen molar-refractivity contribution in [2.24, 2.45) is 5.41 Å². The summed E-state index contributed by atoms with van der Waals surface area (Å²) in [5.74, 6) is 0. The molecule has 1 N–H and O–H groups in total. The summed E-state index contributed by atoms with van der Waals surface area (Å²) >= 11 is 1.71. The zero-order chi connectivity index (χ0) is 14.2. The van der Waals surface area contributed by atoms with Crippen LogP contribution in [0, 0.1) is 5.41 Å². The maximum atomic E-state index is 5.89. The number of hydrogen-bond donors (Lipinski definition) is 1. The van der Waals surface area contributed by atoms with Gasteiger partial charge >= 0.3 is 0 Å². The number of anilines is 1. The van der Waals surface area contributed by atoms with Crippen molar-refractivity contribution in [3.63, 3.8) is 0 Å². The summed E-state index contributed by atoms with van der Waals surface area (Å²) in [7, 11) is 4.08. The second kappa shape index (κ2) is 5.62. The van der Waals surface area contributed by atoms with E-state index in [1.165, 1.54) is 25.7 Å². The van der Waals surface area contributed by atoms with E-state index in [4.69, 9.17) is 4.74 Å². The van der Waals surface area contributed by atoms with Gasteiger partial charge in [-0.3, -0.25) is 0 Å². The summed E-state index contributed by atoms with van der Waals surface area (Å²) in [6.07, 6.45) is 5.68. The first-order valence-electron chi connectivity index (χ1n) is 7.62. The highest BCUT2D eigenvalue weighted by Gasteiger charge is 2.58. The zero-order valence-electron chi connectivity index (χ0n) is 12.7. The van der Waals surface area contributed by atoms with Gasteiger partial charge in [-0.2, -0.15) is 0 Å². The van der Waals surface area contributed by atoms with Crippen LogP contribution in [0.25, 0.3) is 0 Å². The monoisotopic (exact) mass is 295 g/mol. The van der Waals surface area contributed by atoms with Crippen molar-refractivity contribution < 1.29 is 4.74 Å². The minimum atomic E-state index is 0.441. The Kier molecular flexibility index (Phi) is 4.02. The fourth-order valence-corrected chi connectivity index (χ4v) is 4.29. The summed E-state index contributed by atoms with van der Waals surface area (Å²) in [4.78, 5) is 6.70. The van der Waals surface area contributed by atoms with E-state index < -0.39 is 0 Å². The average molecular weight is 295 g/mol. The minimum absolute atomic E-state index is 0.441. The Morgan fingerprint density at radius 2 is 2.30 bits per heavy atom. The Bertz CT molecular complexity index is 456. The molecule has 20 heavy (non-hydrogen) atoms. The van der Waals surface area contributed by atoms with Gasteiger partial charge in [-0.1, -0.05) is 6.42 Å². The highest BCUT2D eigenvalue weighted by atomic mass is 32.1. The molecular formula is C15H25N3OS. The maximum absolute atomic E-state index is 5.89. The summed E-state index contributed by atoms with van der Waals surface area (Å²) in [5.41, 5.74) is 1.60. The Morgan fingerprint density at radius 3 is 2.85 bits per heavy atom. The van der Waals surface area contributed by atoms with Crippen LogP contribution in [-0.4, -0.2) is 37.8 Å². The lowest BCUT2D eigenvalue weighted by Gasteiger charge is -2.61. The number of aromatic nitrogens is 1. The molecule has 112 valence electrons. The molecule has 2 atom stereocenters. The van der Waals surface area contributed by atoms with Gasteiger partial charge in [0.05, 0.1) is 11.8 Å². The SMILES string of the molecule is CCO[C@@H]1C[C@H](NCc2csc(N(C)C)n2)C12CCC2. The molecule has 3 rings (SSSR count). The van der Waals surface area contributed by atoms with Crippen LogP contribution >= 0.6 is 11.3 Å². The predicted molar refractivity (Wildman–Crippen MR) is 83.4 cm³/mol.